The van der Waals surface area contributed by atoms with Gasteiger partial charge >= 0.3 is 0 Å². The van der Waals surface area contributed by atoms with Crippen molar-refractivity contribution in [2.24, 2.45) is 0 Å². The van der Waals surface area contributed by atoms with Crippen molar-refractivity contribution in [3.8, 4) is 11.5 Å². The van der Waals surface area contributed by atoms with E-state index in [9.17, 15) is 4.79 Å². The first-order chi connectivity index (χ1) is 10.1. The number of hydrogen-bond acceptors (Lipinski definition) is 4. The Bertz CT molecular complexity index is 652. The Morgan fingerprint density at radius 1 is 1.24 bits per heavy atom. The number of methoxy groups -OCH3 is 2. The molecular weight excluding hydrogens is 336 g/mol. The molecule has 1 N–H and O–H groups in total. The molecule has 0 bridgehead atoms. The van der Waals surface area contributed by atoms with Crippen LogP contribution in [0.25, 0.3) is 0 Å². The number of benzene rings is 1. The number of halogens is 1. The quantitative estimate of drug-likeness (QED) is 0.858. The molecule has 21 heavy (non-hydrogen) atoms. The number of anilines is 1. The third kappa shape index (κ3) is 3.33. The van der Waals surface area contributed by atoms with Crippen LogP contribution in [-0.2, 0) is 0 Å². The van der Waals surface area contributed by atoms with Crippen LogP contribution in [0.5, 0.6) is 11.5 Å². The largest absolute Gasteiger partial charge is 0.496 e. The van der Waals surface area contributed by atoms with E-state index in [4.69, 9.17) is 9.47 Å². The molecule has 5 nitrogen and oxygen atoms in total. The fourth-order valence-electron chi connectivity index (χ4n) is 1.90. The lowest BCUT2D eigenvalue weighted by Gasteiger charge is -2.13. The highest BCUT2D eigenvalue weighted by atomic mass is 79.9. The van der Waals surface area contributed by atoms with Crippen LogP contribution in [0.4, 0.5) is 5.69 Å². The van der Waals surface area contributed by atoms with Gasteiger partial charge in [0.1, 0.15) is 21.7 Å². The minimum absolute atomic E-state index is 0.312. The fourth-order valence-corrected chi connectivity index (χ4v) is 2.11. The monoisotopic (exact) mass is 350 g/mol. The van der Waals surface area contributed by atoms with Gasteiger partial charge in [-0.05, 0) is 46.6 Å². The third-order valence-electron chi connectivity index (χ3n) is 2.93. The van der Waals surface area contributed by atoms with Crippen LogP contribution >= 0.6 is 15.9 Å². The van der Waals surface area contributed by atoms with Gasteiger partial charge in [0.15, 0.2) is 0 Å². The van der Waals surface area contributed by atoms with Crippen molar-refractivity contribution < 1.29 is 14.3 Å². The summed E-state index contributed by atoms with van der Waals surface area (Å²) >= 11 is 3.32. The molecule has 0 aliphatic heterocycles. The molecule has 2 rings (SSSR count). The first-order valence-corrected chi connectivity index (χ1v) is 7.00. The van der Waals surface area contributed by atoms with E-state index >= 15 is 0 Å². The second-order valence-electron chi connectivity index (χ2n) is 4.32. The number of carbonyl (C=O) groups excluding carboxylic acids is 1. The lowest BCUT2D eigenvalue weighted by molar-refractivity contribution is 0.102. The summed E-state index contributed by atoms with van der Waals surface area (Å²) in [4.78, 5) is 16.6. The Morgan fingerprint density at radius 3 is 2.38 bits per heavy atom. The van der Waals surface area contributed by atoms with Gasteiger partial charge < -0.3 is 14.8 Å². The summed E-state index contributed by atoms with van der Waals surface area (Å²) in [5.74, 6) is 0.593. The summed E-state index contributed by atoms with van der Waals surface area (Å²) in [6.45, 7) is 1.90. The minimum atomic E-state index is -0.312. The van der Waals surface area contributed by atoms with Crippen LogP contribution in [0, 0.1) is 6.92 Å². The van der Waals surface area contributed by atoms with Gasteiger partial charge in [-0.25, -0.2) is 4.98 Å². The van der Waals surface area contributed by atoms with Crippen LogP contribution in [0.3, 0.4) is 0 Å². The average Bonchev–Trinajstić information content (AvgIpc) is 2.49. The van der Waals surface area contributed by atoms with Crippen LogP contribution < -0.4 is 14.8 Å². The van der Waals surface area contributed by atoms with Gasteiger partial charge in [0.25, 0.3) is 5.91 Å². The van der Waals surface area contributed by atoms with Gasteiger partial charge in [0, 0.05) is 0 Å². The molecule has 0 atom stereocenters. The number of aromatic nitrogens is 1. The van der Waals surface area contributed by atoms with Crippen LogP contribution in [0.15, 0.2) is 35.1 Å². The Balaban J connectivity index is 2.34. The van der Waals surface area contributed by atoms with Gasteiger partial charge in [-0.2, -0.15) is 0 Å². The number of nitrogens with one attached hydrogen (secondary N) is 1. The molecule has 0 aliphatic rings. The zero-order valence-corrected chi connectivity index (χ0v) is 13.5. The highest BCUT2D eigenvalue weighted by molar-refractivity contribution is 9.10. The van der Waals surface area contributed by atoms with Crippen molar-refractivity contribution >= 4 is 27.5 Å². The summed E-state index contributed by atoms with van der Waals surface area (Å²) in [5.41, 5.74) is 1.89. The molecule has 6 heteroatoms. The number of ether oxygens (including phenoxy) is 2. The molecule has 0 radical (unpaired) electrons. The zero-order valence-electron chi connectivity index (χ0n) is 11.9. The van der Waals surface area contributed by atoms with Crippen molar-refractivity contribution in [3.63, 3.8) is 0 Å². The van der Waals surface area contributed by atoms with E-state index in [1.54, 1.807) is 24.4 Å². The van der Waals surface area contributed by atoms with Crippen molar-refractivity contribution in [3.05, 3.63) is 46.2 Å². The summed E-state index contributed by atoms with van der Waals surface area (Å²) in [5, 5.41) is 2.79. The molecule has 110 valence electrons. The first-order valence-electron chi connectivity index (χ1n) is 6.21. The standard InChI is InChI=1S/C15H15BrN2O3/c1-9-7-10(8-17-14(9)16)18-15(19)13-11(20-2)5-4-6-12(13)21-3/h4-8H,1-3H3,(H,18,19). The number of amides is 1. The van der Waals surface area contributed by atoms with E-state index in [-0.39, 0.29) is 5.91 Å². The molecule has 1 amide bonds. The smallest absolute Gasteiger partial charge is 0.263 e. The SMILES string of the molecule is COc1cccc(OC)c1C(=O)Nc1cnc(Br)c(C)c1. The van der Waals surface area contributed by atoms with Gasteiger partial charge in [-0.15, -0.1) is 0 Å². The number of nitrogens with zero attached hydrogens (tertiary/aromatic N) is 1. The van der Waals surface area contributed by atoms with Crippen molar-refractivity contribution in [2.45, 2.75) is 6.92 Å². The van der Waals surface area contributed by atoms with Gasteiger partial charge in [-0.3, -0.25) is 4.79 Å². The van der Waals surface area contributed by atoms with E-state index in [1.165, 1.54) is 14.2 Å². The van der Waals surface area contributed by atoms with Crippen molar-refractivity contribution in [2.75, 3.05) is 19.5 Å². The van der Waals surface area contributed by atoms with Crippen molar-refractivity contribution in [1.82, 2.24) is 4.98 Å². The summed E-state index contributed by atoms with van der Waals surface area (Å²) in [6.07, 6.45) is 1.58. The molecule has 0 unspecified atom stereocenters. The molecule has 1 heterocycles. The number of carbonyl (C=O) groups is 1. The Hall–Kier alpha value is -2.08. The van der Waals surface area contributed by atoms with Gasteiger partial charge in [-0.1, -0.05) is 6.07 Å². The number of pyridine rings is 1. The topological polar surface area (TPSA) is 60.5 Å². The van der Waals surface area contributed by atoms with E-state index < -0.39 is 0 Å². The molecular formula is C15H15BrN2O3. The summed E-state index contributed by atoms with van der Waals surface area (Å²) in [7, 11) is 3.02. The lowest BCUT2D eigenvalue weighted by atomic mass is 10.1. The second kappa shape index (κ2) is 6.58. The Kier molecular flexibility index (Phi) is 4.80. The lowest BCUT2D eigenvalue weighted by Crippen LogP contribution is -2.15. The fraction of sp³-hybridized carbons (Fsp3) is 0.200. The van der Waals surface area contributed by atoms with E-state index in [1.807, 2.05) is 13.0 Å². The molecule has 0 saturated heterocycles. The average molecular weight is 351 g/mol. The Labute approximate surface area is 131 Å². The molecule has 0 spiro atoms. The Morgan fingerprint density at radius 2 is 1.86 bits per heavy atom. The number of rotatable bonds is 4. The molecule has 1 aromatic heterocycles. The van der Waals surface area contributed by atoms with Gasteiger partial charge in [0.2, 0.25) is 0 Å². The predicted octanol–water partition coefficient (Wildman–Crippen LogP) is 3.42. The summed E-state index contributed by atoms with van der Waals surface area (Å²) in [6, 6.07) is 7.02. The normalized spacial score (nSPS) is 10.1. The minimum Gasteiger partial charge on any atom is -0.496 e. The predicted molar refractivity (Wildman–Crippen MR) is 84.2 cm³/mol. The summed E-state index contributed by atoms with van der Waals surface area (Å²) < 4.78 is 11.2. The maximum absolute atomic E-state index is 12.5. The highest BCUT2D eigenvalue weighted by Gasteiger charge is 2.18. The first kappa shape index (κ1) is 15.3. The number of hydrogen-bond donors (Lipinski definition) is 1. The van der Waals surface area contributed by atoms with Crippen LogP contribution in [0.1, 0.15) is 15.9 Å². The maximum atomic E-state index is 12.5. The van der Waals surface area contributed by atoms with Crippen molar-refractivity contribution in [1.29, 1.82) is 0 Å². The second-order valence-corrected chi connectivity index (χ2v) is 5.07. The molecule has 0 aliphatic carbocycles. The van der Waals surface area contributed by atoms with Gasteiger partial charge in [0.05, 0.1) is 26.1 Å². The zero-order chi connectivity index (χ0) is 15.4. The molecule has 2 aromatic rings. The van der Waals surface area contributed by atoms with Crippen LogP contribution in [0.2, 0.25) is 0 Å². The van der Waals surface area contributed by atoms with E-state index in [0.29, 0.717) is 22.7 Å². The maximum Gasteiger partial charge on any atom is 0.263 e. The molecule has 0 saturated carbocycles. The molecule has 0 fully saturated rings. The molecule has 1 aromatic carbocycles. The van der Waals surface area contributed by atoms with E-state index in [2.05, 4.69) is 26.2 Å². The third-order valence-corrected chi connectivity index (χ3v) is 3.76. The highest BCUT2D eigenvalue weighted by Crippen LogP contribution is 2.29. The van der Waals surface area contributed by atoms with E-state index in [0.717, 1.165) is 10.2 Å². The number of aryl methyl sites for hydroxylation is 1. The van der Waals surface area contributed by atoms with Crippen LogP contribution in [-0.4, -0.2) is 25.1 Å².